The van der Waals surface area contributed by atoms with E-state index in [1.807, 2.05) is 6.66 Å². The van der Waals surface area contributed by atoms with Crippen molar-refractivity contribution in [3.63, 3.8) is 0 Å². The van der Waals surface area contributed by atoms with Crippen molar-refractivity contribution in [3.05, 3.63) is 0 Å². The number of thiocarbonyl (C=S) groups is 1. The summed E-state index contributed by atoms with van der Waals surface area (Å²) in [6.45, 7) is 1.97. The smallest absolute Gasteiger partial charge is 0.166 e. The number of rotatable bonds is 1. The number of nitrogens with one attached hydrogen (secondary N) is 1. The van der Waals surface area contributed by atoms with Gasteiger partial charge in [0.05, 0.1) is 0 Å². The minimum atomic E-state index is 0.385. The van der Waals surface area contributed by atoms with Crippen molar-refractivity contribution in [2.24, 2.45) is 5.73 Å². The fourth-order valence-corrected chi connectivity index (χ4v) is 0.676. The summed E-state index contributed by atoms with van der Waals surface area (Å²) in [6, 6.07) is 0. The van der Waals surface area contributed by atoms with Crippen LogP contribution in [0.4, 0.5) is 0 Å². The molecule has 0 fully saturated rings. The second-order valence-electron chi connectivity index (χ2n) is 0.739. The summed E-state index contributed by atoms with van der Waals surface area (Å²) in [6.07, 6.45) is 0. The molecule has 2 nitrogen and oxygen atoms in total. The molecule has 0 heterocycles. The number of hydrogen-bond donors (Lipinski definition) is 2. The quantitative estimate of drug-likeness (QED) is 0.381. The Morgan fingerprint density at radius 3 is 2.50 bits per heavy atom. The van der Waals surface area contributed by atoms with Gasteiger partial charge < -0.3 is 10.8 Å². The Balaban J connectivity index is 2.83. The highest BCUT2D eigenvalue weighted by molar-refractivity contribution is 7.80. The van der Waals surface area contributed by atoms with Gasteiger partial charge in [0.1, 0.15) is 0 Å². The molecule has 0 bridgehead atoms. The van der Waals surface area contributed by atoms with Gasteiger partial charge in [-0.1, -0.05) is 0 Å². The third kappa shape index (κ3) is 4.12. The van der Waals surface area contributed by atoms with E-state index in [1.165, 1.54) is 0 Å². The Bertz CT molecular complexity index is 55.5. The Morgan fingerprint density at radius 2 is 2.50 bits per heavy atom. The molecule has 4 heteroatoms. The van der Waals surface area contributed by atoms with Crippen LogP contribution >= 0.6 is 20.9 Å². The fraction of sp³-hybridized carbons (Fsp3) is 0.500. The molecule has 6 heavy (non-hydrogen) atoms. The second kappa shape index (κ2) is 3.32. The largest absolute Gasteiger partial charge is 0.376 e. The summed E-state index contributed by atoms with van der Waals surface area (Å²) < 4.78 is 0. The maximum atomic E-state index is 5.03. The predicted molar refractivity (Wildman–Crippen MR) is 34.2 cm³/mol. The van der Waals surface area contributed by atoms with Crippen molar-refractivity contribution in [1.29, 1.82) is 0 Å². The van der Waals surface area contributed by atoms with E-state index in [9.17, 15) is 0 Å². The molecule has 0 amide bonds. The van der Waals surface area contributed by atoms with Crippen LogP contribution in [0.1, 0.15) is 0 Å². The monoisotopic (exact) mass is 122 g/mol. The molecule has 0 saturated heterocycles. The zero-order valence-corrected chi connectivity index (χ0v) is 5.30. The van der Waals surface area contributed by atoms with Gasteiger partial charge >= 0.3 is 0 Å². The normalized spacial score (nSPS) is 9.50. The van der Waals surface area contributed by atoms with E-state index in [1.54, 1.807) is 0 Å². The highest BCUT2D eigenvalue weighted by atomic mass is 32.1. The van der Waals surface area contributed by atoms with Crippen LogP contribution in [0.25, 0.3) is 0 Å². The molecule has 1 atom stereocenters. The molecule has 0 aliphatic rings. The van der Waals surface area contributed by atoms with Gasteiger partial charge in [0.15, 0.2) is 5.11 Å². The molecule has 0 aliphatic heterocycles. The predicted octanol–water partition coefficient (Wildman–Crippen LogP) is 0.0429. The lowest BCUT2D eigenvalue weighted by Gasteiger charge is -1.92. The van der Waals surface area contributed by atoms with Crippen molar-refractivity contribution in [2.75, 3.05) is 6.66 Å². The number of nitrogens with two attached hydrogens (primary N) is 1. The van der Waals surface area contributed by atoms with Gasteiger partial charge in [-0.05, 0) is 27.6 Å². The Kier molecular flexibility index (Phi) is 3.38. The van der Waals surface area contributed by atoms with Gasteiger partial charge in [0.2, 0.25) is 0 Å². The van der Waals surface area contributed by atoms with E-state index in [4.69, 9.17) is 5.73 Å². The van der Waals surface area contributed by atoms with Gasteiger partial charge in [-0.2, -0.15) is 0 Å². The van der Waals surface area contributed by atoms with Crippen LogP contribution in [-0.2, 0) is 0 Å². The molecule has 0 saturated carbocycles. The van der Waals surface area contributed by atoms with Gasteiger partial charge in [-0.3, -0.25) is 0 Å². The lowest BCUT2D eigenvalue weighted by molar-refractivity contribution is 1.49. The lowest BCUT2D eigenvalue weighted by Crippen LogP contribution is -2.20. The summed E-state index contributed by atoms with van der Waals surface area (Å²) in [5.74, 6) is 0. The average molecular weight is 122 g/mol. The second-order valence-corrected chi connectivity index (χ2v) is 1.93. The first-order chi connectivity index (χ1) is 2.77. The zero-order valence-electron chi connectivity index (χ0n) is 3.49. The fourth-order valence-electron chi connectivity index (χ4n) is 0.123. The summed E-state index contributed by atoms with van der Waals surface area (Å²) in [4.78, 5) is 0. The highest BCUT2D eigenvalue weighted by Gasteiger charge is 1.73. The molecule has 1 unspecified atom stereocenters. The summed E-state index contributed by atoms with van der Waals surface area (Å²) in [5.41, 5.74) is 5.03. The third-order valence-electron chi connectivity index (χ3n) is 0.248. The SMILES string of the molecule is CPNC(N)=S. The summed E-state index contributed by atoms with van der Waals surface area (Å²) in [7, 11) is 0.622. The van der Waals surface area contributed by atoms with Gasteiger partial charge in [0.25, 0.3) is 0 Å². The van der Waals surface area contributed by atoms with E-state index in [0.717, 1.165) is 0 Å². The standard InChI is InChI=1S/C2H7N2PS/c1-5-4-2(3)6/h5H,1H3,(H3,3,4,6). The third-order valence-corrected chi connectivity index (χ3v) is 1.05. The van der Waals surface area contributed by atoms with E-state index >= 15 is 0 Å². The molecule has 36 valence electrons. The molecule has 0 radical (unpaired) electrons. The molecule has 3 N–H and O–H groups in total. The minimum absolute atomic E-state index is 0.385. The van der Waals surface area contributed by atoms with E-state index in [0.29, 0.717) is 13.8 Å². The molecular weight excluding hydrogens is 115 g/mol. The maximum Gasteiger partial charge on any atom is 0.166 e. The molecular formula is C2H7N2PS. The van der Waals surface area contributed by atoms with Crippen LogP contribution < -0.4 is 10.8 Å². The van der Waals surface area contributed by atoms with Crippen LogP contribution in [0.15, 0.2) is 0 Å². The Labute approximate surface area is 44.3 Å². The lowest BCUT2D eigenvalue weighted by atomic mass is 11.3. The summed E-state index contributed by atoms with van der Waals surface area (Å²) in [5, 5.41) is 3.13. The van der Waals surface area contributed by atoms with Crippen molar-refractivity contribution in [3.8, 4) is 0 Å². The first kappa shape index (κ1) is 6.12. The summed E-state index contributed by atoms with van der Waals surface area (Å²) >= 11 is 4.47. The van der Waals surface area contributed by atoms with Crippen molar-refractivity contribution >= 4 is 26.1 Å². The van der Waals surface area contributed by atoms with Gasteiger partial charge in [0, 0.05) is 0 Å². The van der Waals surface area contributed by atoms with Crippen molar-refractivity contribution < 1.29 is 0 Å². The molecule has 0 aromatic heterocycles. The van der Waals surface area contributed by atoms with Gasteiger partial charge in [-0.25, -0.2) is 0 Å². The van der Waals surface area contributed by atoms with E-state index < -0.39 is 0 Å². The van der Waals surface area contributed by atoms with Crippen molar-refractivity contribution in [1.82, 2.24) is 5.09 Å². The van der Waals surface area contributed by atoms with Crippen LogP contribution in [0, 0.1) is 0 Å². The van der Waals surface area contributed by atoms with Crippen LogP contribution in [0.5, 0.6) is 0 Å². The molecule has 0 rings (SSSR count). The van der Waals surface area contributed by atoms with E-state index in [2.05, 4.69) is 17.3 Å². The molecule has 0 aromatic carbocycles. The zero-order chi connectivity index (χ0) is 4.99. The topological polar surface area (TPSA) is 38.0 Å². The van der Waals surface area contributed by atoms with Gasteiger partial charge in [-0.15, -0.1) is 0 Å². The Hall–Kier alpha value is 0.120. The first-order valence-corrected chi connectivity index (χ1v) is 3.40. The maximum absolute atomic E-state index is 5.03. The van der Waals surface area contributed by atoms with Crippen LogP contribution in [0.3, 0.4) is 0 Å². The number of hydrogen-bond acceptors (Lipinski definition) is 1. The first-order valence-electron chi connectivity index (χ1n) is 1.49. The molecule has 0 aliphatic carbocycles. The minimum Gasteiger partial charge on any atom is -0.376 e. The van der Waals surface area contributed by atoms with Crippen LogP contribution in [0.2, 0.25) is 0 Å². The average Bonchev–Trinajstić information content (AvgIpc) is 1.35. The molecule has 0 aromatic rings. The van der Waals surface area contributed by atoms with Crippen LogP contribution in [-0.4, -0.2) is 11.8 Å². The highest BCUT2D eigenvalue weighted by Crippen LogP contribution is 1.88. The van der Waals surface area contributed by atoms with E-state index in [-0.39, 0.29) is 0 Å². The Morgan fingerprint density at radius 1 is 2.00 bits per heavy atom. The van der Waals surface area contributed by atoms with Crippen molar-refractivity contribution in [2.45, 2.75) is 0 Å². The molecule has 0 spiro atoms.